The number of aromatic nitrogens is 2. The summed E-state index contributed by atoms with van der Waals surface area (Å²) >= 11 is 5.43. The maximum Gasteiger partial charge on any atom is 0.246 e. The van der Waals surface area contributed by atoms with Crippen LogP contribution in [0.1, 0.15) is 11.5 Å². The van der Waals surface area contributed by atoms with Gasteiger partial charge in [-0.05, 0) is 55.5 Å². The van der Waals surface area contributed by atoms with E-state index in [9.17, 15) is 0 Å². The molecule has 0 fully saturated rings. The first-order chi connectivity index (χ1) is 12.5. The van der Waals surface area contributed by atoms with Gasteiger partial charge in [-0.25, -0.2) is 0 Å². The van der Waals surface area contributed by atoms with Crippen LogP contribution in [0.3, 0.4) is 0 Å². The average molecular weight is 368 g/mol. The Morgan fingerprint density at radius 1 is 1.15 bits per heavy atom. The Hall–Kier alpha value is -2.93. The molecule has 1 N–H and O–H groups in total. The van der Waals surface area contributed by atoms with E-state index < -0.39 is 0 Å². The monoisotopic (exact) mass is 368 g/mol. The third-order valence-electron chi connectivity index (χ3n) is 3.84. The fourth-order valence-corrected chi connectivity index (χ4v) is 2.49. The second-order valence-corrected chi connectivity index (χ2v) is 6.28. The lowest BCUT2D eigenvalue weighted by Crippen LogP contribution is -2.30. The predicted octanol–water partition coefficient (Wildman–Crippen LogP) is 3.88. The highest BCUT2D eigenvalue weighted by Gasteiger charge is 2.13. The normalized spacial score (nSPS) is 10.4. The number of nitrogens with zero attached hydrogens (tertiary/aromatic N) is 3. The van der Waals surface area contributed by atoms with Gasteiger partial charge < -0.3 is 19.5 Å². The molecule has 0 atom stereocenters. The van der Waals surface area contributed by atoms with Crippen LogP contribution in [-0.4, -0.2) is 34.3 Å². The lowest BCUT2D eigenvalue weighted by atomic mass is 10.2. The highest BCUT2D eigenvalue weighted by atomic mass is 32.1. The third kappa shape index (κ3) is 4.37. The molecule has 6 nitrogen and oxygen atoms in total. The molecule has 3 aromatic rings. The molecule has 0 saturated heterocycles. The third-order valence-corrected chi connectivity index (χ3v) is 4.25. The van der Waals surface area contributed by atoms with Crippen LogP contribution in [0.5, 0.6) is 5.75 Å². The Kier molecular flexibility index (Phi) is 5.48. The van der Waals surface area contributed by atoms with E-state index >= 15 is 0 Å². The summed E-state index contributed by atoms with van der Waals surface area (Å²) in [6.07, 6.45) is 0. The highest BCUT2D eigenvalue weighted by Crippen LogP contribution is 2.20. The van der Waals surface area contributed by atoms with Gasteiger partial charge in [0.2, 0.25) is 11.7 Å². The van der Waals surface area contributed by atoms with Gasteiger partial charge in [0, 0.05) is 18.3 Å². The zero-order chi connectivity index (χ0) is 18.5. The van der Waals surface area contributed by atoms with Gasteiger partial charge in [0.25, 0.3) is 0 Å². The summed E-state index contributed by atoms with van der Waals surface area (Å²) in [7, 11) is 3.51. The van der Waals surface area contributed by atoms with Gasteiger partial charge in [-0.3, -0.25) is 0 Å². The molecule has 7 heteroatoms. The topological polar surface area (TPSA) is 63.4 Å². The molecule has 1 aromatic heterocycles. The number of nitrogens with one attached hydrogen (secondary N) is 1. The molecule has 2 aromatic carbocycles. The minimum atomic E-state index is 0.418. The number of methoxy groups -OCH3 is 1. The number of hydrogen-bond acceptors (Lipinski definition) is 5. The fraction of sp³-hybridized carbons (Fsp3) is 0.211. The minimum absolute atomic E-state index is 0.418. The minimum Gasteiger partial charge on any atom is -0.497 e. The van der Waals surface area contributed by atoms with Crippen LogP contribution in [0.4, 0.5) is 5.69 Å². The first kappa shape index (κ1) is 17.9. The molecule has 0 aliphatic rings. The Morgan fingerprint density at radius 2 is 1.85 bits per heavy atom. The molecule has 134 valence electrons. The molecule has 3 rings (SSSR count). The zero-order valence-electron chi connectivity index (χ0n) is 14.9. The molecule has 0 bridgehead atoms. The second-order valence-electron chi connectivity index (χ2n) is 5.89. The molecule has 26 heavy (non-hydrogen) atoms. The van der Waals surface area contributed by atoms with E-state index in [0.717, 1.165) is 17.0 Å². The molecule has 0 unspecified atom stereocenters. The smallest absolute Gasteiger partial charge is 0.246 e. The maximum atomic E-state index is 5.43. The molecule has 0 saturated carbocycles. The van der Waals surface area contributed by atoms with Crippen molar-refractivity contribution in [2.75, 3.05) is 19.5 Å². The van der Waals surface area contributed by atoms with Crippen molar-refractivity contribution in [3.63, 3.8) is 0 Å². The molecule has 0 amide bonds. The number of rotatable bonds is 5. The van der Waals surface area contributed by atoms with Crippen LogP contribution in [0.25, 0.3) is 11.4 Å². The number of thiocarbonyl (C=S) groups is 1. The van der Waals surface area contributed by atoms with E-state index in [1.165, 1.54) is 5.56 Å². The molecule has 0 radical (unpaired) electrons. The van der Waals surface area contributed by atoms with Crippen molar-refractivity contribution >= 4 is 23.0 Å². The summed E-state index contributed by atoms with van der Waals surface area (Å²) in [6, 6.07) is 15.5. The van der Waals surface area contributed by atoms with Crippen molar-refractivity contribution in [3.05, 3.63) is 60.0 Å². The standard InChI is InChI=1S/C19H20N4O2S/c1-13-4-8-15(9-5-13)20-19(26)23(2)12-17-21-18(22-25-17)14-6-10-16(24-3)11-7-14/h4-11H,12H2,1-3H3,(H,20,26). The Labute approximate surface area is 157 Å². The lowest BCUT2D eigenvalue weighted by molar-refractivity contribution is 0.336. The van der Waals surface area contributed by atoms with Crippen LogP contribution in [0.15, 0.2) is 53.1 Å². The molecular weight excluding hydrogens is 348 g/mol. The Morgan fingerprint density at radius 3 is 2.50 bits per heavy atom. The van der Waals surface area contributed by atoms with Crippen LogP contribution >= 0.6 is 12.2 Å². The van der Waals surface area contributed by atoms with Crippen molar-refractivity contribution < 1.29 is 9.26 Å². The fourth-order valence-electron chi connectivity index (χ4n) is 2.31. The number of aryl methyl sites for hydroxylation is 1. The second kappa shape index (κ2) is 7.97. The first-order valence-corrected chi connectivity index (χ1v) is 8.52. The van der Waals surface area contributed by atoms with Crippen molar-refractivity contribution in [1.82, 2.24) is 15.0 Å². The SMILES string of the molecule is COc1ccc(-c2noc(CN(C)C(=S)Nc3ccc(C)cc3)n2)cc1. The summed E-state index contributed by atoms with van der Waals surface area (Å²) in [5, 5.41) is 7.81. The molecule has 0 aliphatic heterocycles. The lowest BCUT2D eigenvalue weighted by Gasteiger charge is -2.19. The maximum absolute atomic E-state index is 5.43. The van der Waals surface area contributed by atoms with E-state index in [-0.39, 0.29) is 0 Å². The van der Waals surface area contributed by atoms with Crippen LogP contribution in [0, 0.1) is 6.92 Å². The van der Waals surface area contributed by atoms with E-state index in [1.807, 2.05) is 67.4 Å². The number of anilines is 1. The summed E-state index contributed by atoms with van der Waals surface area (Å²) in [4.78, 5) is 6.28. The summed E-state index contributed by atoms with van der Waals surface area (Å²) < 4.78 is 10.5. The quantitative estimate of drug-likeness (QED) is 0.686. The van der Waals surface area contributed by atoms with Crippen LogP contribution in [0.2, 0.25) is 0 Å². The number of benzene rings is 2. The Bertz CT molecular complexity index is 875. The molecule has 0 aliphatic carbocycles. The molecule has 0 spiro atoms. The Balaban J connectivity index is 1.62. The zero-order valence-corrected chi connectivity index (χ0v) is 15.7. The summed E-state index contributed by atoms with van der Waals surface area (Å²) in [6.45, 7) is 2.46. The van der Waals surface area contributed by atoms with Gasteiger partial charge in [-0.2, -0.15) is 4.98 Å². The molecule has 1 heterocycles. The summed E-state index contributed by atoms with van der Waals surface area (Å²) in [5.74, 6) is 1.81. The van der Waals surface area contributed by atoms with E-state index in [2.05, 4.69) is 15.5 Å². The van der Waals surface area contributed by atoms with Crippen molar-refractivity contribution in [2.45, 2.75) is 13.5 Å². The number of ether oxygens (including phenoxy) is 1. The van der Waals surface area contributed by atoms with Crippen molar-refractivity contribution in [2.24, 2.45) is 0 Å². The van der Waals surface area contributed by atoms with E-state index in [0.29, 0.717) is 23.4 Å². The van der Waals surface area contributed by atoms with Crippen molar-refractivity contribution in [1.29, 1.82) is 0 Å². The van der Waals surface area contributed by atoms with Crippen LogP contribution in [-0.2, 0) is 6.54 Å². The van der Waals surface area contributed by atoms with Crippen LogP contribution < -0.4 is 10.1 Å². The summed E-state index contributed by atoms with van der Waals surface area (Å²) in [5.41, 5.74) is 3.01. The average Bonchev–Trinajstić information content (AvgIpc) is 3.12. The van der Waals surface area contributed by atoms with E-state index in [4.69, 9.17) is 21.5 Å². The van der Waals surface area contributed by atoms with Gasteiger partial charge in [-0.15, -0.1) is 0 Å². The predicted molar refractivity (Wildman–Crippen MR) is 105 cm³/mol. The van der Waals surface area contributed by atoms with Gasteiger partial charge in [-0.1, -0.05) is 22.9 Å². The largest absolute Gasteiger partial charge is 0.497 e. The van der Waals surface area contributed by atoms with Gasteiger partial charge in [0.1, 0.15) is 5.75 Å². The molecular formula is C19H20N4O2S. The highest BCUT2D eigenvalue weighted by molar-refractivity contribution is 7.80. The van der Waals surface area contributed by atoms with E-state index in [1.54, 1.807) is 7.11 Å². The van der Waals surface area contributed by atoms with Gasteiger partial charge in [0.05, 0.1) is 13.7 Å². The first-order valence-electron chi connectivity index (χ1n) is 8.11. The number of hydrogen-bond donors (Lipinski definition) is 1. The van der Waals surface area contributed by atoms with Gasteiger partial charge >= 0.3 is 0 Å². The van der Waals surface area contributed by atoms with Crippen molar-refractivity contribution in [3.8, 4) is 17.1 Å². The van der Waals surface area contributed by atoms with Gasteiger partial charge in [0.15, 0.2) is 5.11 Å².